The fourth-order valence-electron chi connectivity index (χ4n) is 7.67. The van der Waals surface area contributed by atoms with E-state index in [1.807, 2.05) is 24.8 Å². The maximum absolute atomic E-state index is 4.52. The molecular weight excluding hydrogens is 609 g/mol. The summed E-state index contributed by atoms with van der Waals surface area (Å²) in [6.07, 6.45) is 7.72. The second-order valence-electron chi connectivity index (χ2n) is 12.7. The fraction of sp³-hybridized carbons (Fsp3) is 0. The topological polar surface area (TPSA) is 35.6 Å². The highest BCUT2D eigenvalue weighted by molar-refractivity contribution is 6.14. The number of para-hydroxylation sites is 2. The van der Waals surface area contributed by atoms with Gasteiger partial charge in [0, 0.05) is 56.4 Å². The van der Waals surface area contributed by atoms with Crippen LogP contribution in [0.3, 0.4) is 0 Å². The van der Waals surface area contributed by atoms with E-state index in [0.29, 0.717) is 0 Å². The first-order chi connectivity index (χ1) is 24.8. The highest BCUT2D eigenvalue weighted by atomic mass is 15.0. The van der Waals surface area contributed by atoms with E-state index in [0.717, 1.165) is 33.5 Å². The van der Waals surface area contributed by atoms with Gasteiger partial charge in [-0.25, -0.2) is 0 Å². The Labute approximate surface area is 289 Å². The number of rotatable bonds is 5. The molecule has 0 aliphatic heterocycles. The van der Waals surface area contributed by atoms with Crippen molar-refractivity contribution in [3.8, 4) is 44.8 Å². The summed E-state index contributed by atoms with van der Waals surface area (Å²) in [7, 11) is 0. The van der Waals surface area contributed by atoms with Crippen LogP contribution < -0.4 is 0 Å². The van der Waals surface area contributed by atoms with Crippen LogP contribution in [0.2, 0.25) is 0 Å². The lowest BCUT2D eigenvalue weighted by atomic mass is 10.0. The molecule has 6 aromatic carbocycles. The molecule has 0 atom stereocenters. The van der Waals surface area contributed by atoms with E-state index in [2.05, 4.69) is 177 Å². The Balaban J connectivity index is 1.08. The molecule has 4 heteroatoms. The highest BCUT2D eigenvalue weighted by Crippen LogP contribution is 2.40. The predicted molar refractivity (Wildman–Crippen MR) is 207 cm³/mol. The zero-order chi connectivity index (χ0) is 33.0. The van der Waals surface area contributed by atoms with Gasteiger partial charge in [-0.2, -0.15) is 0 Å². The van der Waals surface area contributed by atoms with Gasteiger partial charge < -0.3 is 9.13 Å². The predicted octanol–water partition coefficient (Wildman–Crippen LogP) is 11.7. The Morgan fingerprint density at radius 1 is 0.320 bits per heavy atom. The smallest absolute Gasteiger partial charge is 0.0724 e. The van der Waals surface area contributed by atoms with Gasteiger partial charge in [0.1, 0.15) is 0 Å². The number of pyridine rings is 2. The van der Waals surface area contributed by atoms with E-state index in [-0.39, 0.29) is 0 Å². The van der Waals surface area contributed by atoms with Crippen molar-refractivity contribution in [2.75, 3.05) is 0 Å². The first-order valence-electron chi connectivity index (χ1n) is 16.9. The average molecular weight is 639 g/mol. The Kier molecular flexibility index (Phi) is 6.46. The van der Waals surface area contributed by atoms with Crippen molar-refractivity contribution in [3.05, 3.63) is 183 Å². The third-order valence-corrected chi connectivity index (χ3v) is 9.94. The van der Waals surface area contributed by atoms with E-state index >= 15 is 0 Å². The molecule has 4 aromatic heterocycles. The average Bonchev–Trinajstić information content (AvgIpc) is 3.72. The molecule has 0 saturated heterocycles. The molecule has 0 aliphatic carbocycles. The lowest BCUT2D eigenvalue weighted by Gasteiger charge is -2.13. The number of fused-ring (bicyclic) bond motifs is 6. The highest BCUT2D eigenvalue weighted by Gasteiger charge is 2.18. The monoisotopic (exact) mass is 638 g/mol. The fourth-order valence-corrected chi connectivity index (χ4v) is 7.67. The summed E-state index contributed by atoms with van der Waals surface area (Å²) in [6, 6.07) is 56.5. The standard InChI is InChI=1S/C46H30N4/c1-3-9-33(10-4-1)37-13-7-15-41-39-25-27-47-29-43(39)49(45(37)41)35-21-17-31(18-22-35)32-19-23-36(24-20-32)50-44-30-48-28-26-40(44)42-16-8-14-38(46(42)50)34-11-5-2-6-12-34/h1-30H. The Morgan fingerprint density at radius 3 is 1.16 bits per heavy atom. The molecule has 0 fully saturated rings. The molecule has 4 heterocycles. The Bertz CT molecular complexity index is 2630. The number of benzene rings is 6. The normalized spacial score (nSPS) is 11.6. The number of hydrogen-bond donors (Lipinski definition) is 0. The summed E-state index contributed by atoms with van der Waals surface area (Å²) in [6.45, 7) is 0. The summed E-state index contributed by atoms with van der Waals surface area (Å²) >= 11 is 0. The van der Waals surface area contributed by atoms with Gasteiger partial charge in [-0.3, -0.25) is 9.97 Å². The van der Waals surface area contributed by atoms with Crippen LogP contribution in [0.25, 0.3) is 88.4 Å². The molecule has 0 spiro atoms. The van der Waals surface area contributed by atoms with Gasteiger partial charge >= 0.3 is 0 Å². The van der Waals surface area contributed by atoms with Crippen LogP contribution in [-0.4, -0.2) is 19.1 Å². The first-order valence-corrected chi connectivity index (χ1v) is 16.9. The third kappa shape index (κ3) is 4.39. The van der Waals surface area contributed by atoms with Gasteiger partial charge in [0.25, 0.3) is 0 Å². The first kappa shape index (κ1) is 28.3. The number of aromatic nitrogens is 4. The minimum absolute atomic E-state index is 1.10. The second-order valence-corrected chi connectivity index (χ2v) is 12.7. The Morgan fingerprint density at radius 2 is 0.740 bits per heavy atom. The van der Waals surface area contributed by atoms with E-state index < -0.39 is 0 Å². The molecule has 0 radical (unpaired) electrons. The van der Waals surface area contributed by atoms with Gasteiger partial charge in [0.2, 0.25) is 0 Å². The lowest BCUT2D eigenvalue weighted by molar-refractivity contribution is 1.16. The van der Waals surface area contributed by atoms with Crippen LogP contribution in [0.4, 0.5) is 0 Å². The molecule has 10 aromatic rings. The van der Waals surface area contributed by atoms with Crippen LogP contribution >= 0.6 is 0 Å². The van der Waals surface area contributed by atoms with Gasteiger partial charge in [0.05, 0.1) is 34.5 Å². The molecule has 0 N–H and O–H groups in total. The van der Waals surface area contributed by atoms with Gasteiger partial charge in [-0.15, -0.1) is 0 Å². The molecule has 234 valence electrons. The van der Waals surface area contributed by atoms with Crippen molar-refractivity contribution in [2.24, 2.45) is 0 Å². The van der Waals surface area contributed by atoms with Crippen LogP contribution in [-0.2, 0) is 0 Å². The molecule has 0 amide bonds. The molecule has 0 saturated carbocycles. The quantitative estimate of drug-likeness (QED) is 0.188. The van der Waals surface area contributed by atoms with Crippen LogP contribution in [0.1, 0.15) is 0 Å². The van der Waals surface area contributed by atoms with Crippen molar-refractivity contribution in [1.82, 2.24) is 19.1 Å². The summed E-state index contributed by atoms with van der Waals surface area (Å²) in [5.41, 5.74) is 13.9. The van der Waals surface area contributed by atoms with Crippen LogP contribution in [0.15, 0.2) is 183 Å². The minimum Gasteiger partial charge on any atom is -0.307 e. The maximum atomic E-state index is 4.52. The van der Waals surface area contributed by atoms with Crippen molar-refractivity contribution in [3.63, 3.8) is 0 Å². The molecular formula is C46H30N4. The molecule has 0 bridgehead atoms. The molecule has 10 rings (SSSR count). The Hall–Kier alpha value is -6.78. The SMILES string of the molecule is c1ccc(-c2cccc3c4ccncc4n(-c4ccc(-c5ccc(-n6c7cnccc7c7cccc(-c8ccccc8)c76)cc5)cc4)c23)cc1. The second kappa shape index (κ2) is 11.4. The van der Waals surface area contributed by atoms with Crippen molar-refractivity contribution >= 4 is 43.6 Å². The summed E-state index contributed by atoms with van der Waals surface area (Å²) in [4.78, 5) is 9.05. The summed E-state index contributed by atoms with van der Waals surface area (Å²) in [5, 5.41) is 4.84. The maximum Gasteiger partial charge on any atom is 0.0724 e. The van der Waals surface area contributed by atoms with Crippen molar-refractivity contribution in [2.45, 2.75) is 0 Å². The van der Waals surface area contributed by atoms with E-state index in [1.54, 1.807) is 0 Å². The van der Waals surface area contributed by atoms with Gasteiger partial charge in [-0.05, 0) is 58.7 Å². The zero-order valence-corrected chi connectivity index (χ0v) is 27.1. The largest absolute Gasteiger partial charge is 0.307 e. The zero-order valence-electron chi connectivity index (χ0n) is 27.1. The minimum atomic E-state index is 1.10. The molecule has 50 heavy (non-hydrogen) atoms. The summed E-state index contributed by atoms with van der Waals surface area (Å²) in [5.74, 6) is 0. The van der Waals surface area contributed by atoms with Crippen molar-refractivity contribution in [1.29, 1.82) is 0 Å². The summed E-state index contributed by atoms with van der Waals surface area (Å²) < 4.78 is 4.71. The van der Waals surface area contributed by atoms with Gasteiger partial charge in [0.15, 0.2) is 0 Å². The van der Waals surface area contributed by atoms with Crippen LogP contribution in [0.5, 0.6) is 0 Å². The van der Waals surface area contributed by atoms with E-state index in [1.165, 1.54) is 54.8 Å². The number of nitrogens with zero attached hydrogens (tertiary/aromatic N) is 4. The molecule has 0 unspecified atom stereocenters. The third-order valence-electron chi connectivity index (χ3n) is 9.94. The van der Waals surface area contributed by atoms with Crippen LogP contribution in [0, 0.1) is 0 Å². The van der Waals surface area contributed by atoms with E-state index in [4.69, 9.17) is 0 Å². The van der Waals surface area contributed by atoms with E-state index in [9.17, 15) is 0 Å². The number of hydrogen-bond acceptors (Lipinski definition) is 2. The van der Waals surface area contributed by atoms with Gasteiger partial charge in [-0.1, -0.05) is 121 Å². The van der Waals surface area contributed by atoms with Crippen molar-refractivity contribution < 1.29 is 0 Å². The lowest BCUT2D eigenvalue weighted by Crippen LogP contribution is -1.97. The molecule has 0 aliphatic rings. The molecule has 4 nitrogen and oxygen atoms in total.